The molecule has 0 bridgehead atoms. The summed E-state index contributed by atoms with van der Waals surface area (Å²) < 4.78 is 0. The van der Waals surface area contributed by atoms with Crippen molar-refractivity contribution in [2.75, 3.05) is 0 Å². The highest BCUT2D eigenvalue weighted by molar-refractivity contribution is 5.94. The first kappa shape index (κ1) is 30.8. The number of hydrogen-bond donors (Lipinski definition) is 7. The van der Waals surface area contributed by atoms with Crippen LogP contribution in [0.4, 0.5) is 0 Å². The Hall–Kier alpha value is -4.71. The largest absolute Gasteiger partial charge is 0.508 e. The molecule has 8 N–H and O–H groups in total. The fourth-order valence-corrected chi connectivity index (χ4v) is 4.07. The minimum absolute atomic E-state index is 0.0133. The number of rotatable bonds is 14. The summed E-state index contributed by atoms with van der Waals surface area (Å²) in [6, 6.07) is 10.6. The highest BCUT2D eigenvalue weighted by Gasteiger charge is 2.31. The van der Waals surface area contributed by atoms with Crippen molar-refractivity contribution in [3.8, 4) is 5.75 Å². The maximum atomic E-state index is 13.6. The molecule has 0 spiro atoms. The lowest BCUT2D eigenvalue weighted by atomic mass is 10.0. The normalized spacial score (nSPS) is 14.0. The highest BCUT2D eigenvalue weighted by Crippen LogP contribution is 2.13. The first-order chi connectivity index (χ1) is 19.5. The van der Waals surface area contributed by atoms with Crippen molar-refractivity contribution in [1.82, 2.24) is 25.9 Å². The van der Waals surface area contributed by atoms with Gasteiger partial charge in [-0.2, -0.15) is 0 Å². The number of hydrogen-bond acceptors (Lipinski definition) is 7. The number of aliphatic carboxylic acids is 1. The molecule has 0 saturated heterocycles. The molecule has 0 fully saturated rings. The Bertz CT molecular complexity index is 1300. The van der Waals surface area contributed by atoms with Gasteiger partial charge in [0.1, 0.15) is 23.9 Å². The molecule has 2 aromatic carbocycles. The van der Waals surface area contributed by atoms with Crippen molar-refractivity contribution in [3.63, 3.8) is 0 Å². The Kier molecular flexibility index (Phi) is 11.0. The molecule has 0 radical (unpaired) electrons. The van der Waals surface area contributed by atoms with Crippen LogP contribution in [-0.4, -0.2) is 68.0 Å². The summed E-state index contributed by atoms with van der Waals surface area (Å²) in [5.74, 6) is -3.30. The van der Waals surface area contributed by atoms with Gasteiger partial charge in [-0.1, -0.05) is 56.3 Å². The van der Waals surface area contributed by atoms with E-state index in [2.05, 4.69) is 25.9 Å². The zero-order valence-corrected chi connectivity index (χ0v) is 22.9. The van der Waals surface area contributed by atoms with Crippen LogP contribution in [0.5, 0.6) is 5.75 Å². The maximum absolute atomic E-state index is 13.6. The summed E-state index contributed by atoms with van der Waals surface area (Å²) in [6.45, 7) is 3.55. The minimum atomic E-state index is -1.25. The lowest BCUT2D eigenvalue weighted by Gasteiger charge is -2.26. The number of nitrogens with two attached hydrogens (primary N) is 1. The zero-order valence-electron chi connectivity index (χ0n) is 22.9. The van der Waals surface area contributed by atoms with Crippen molar-refractivity contribution < 1.29 is 29.4 Å². The molecule has 41 heavy (non-hydrogen) atoms. The van der Waals surface area contributed by atoms with E-state index in [1.807, 2.05) is 0 Å². The number of benzene rings is 2. The Morgan fingerprint density at radius 1 is 0.805 bits per heavy atom. The number of carbonyl (C=O) groups is 4. The minimum Gasteiger partial charge on any atom is -0.508 e. The molecule has 3 amide bonds. The molecule has 12 nitrogen and oxygen atoms in total. The second-order valence-electron chi connectivity index (χ2n) is 10.1. The van der Waals surface area contributed by atoms with E-state index < -0.39 is 47.9 Å². The van der Waals surface area contributed by atoms with E-state index in [1.54, 1.807) is 56.3 Å². The van der Waals surface area contributed by atoms with Crippen molar-refractivity contribution in [3.05, 3.63) is 83.9 Å². The quantitative estimate of drug-likeness (QED) is 0.148. The van der Waals surface area contributed by atoms with Gasteiger partial charge in [0.15, 0.2) is 0 Å². The molecule has 1 heterocycles. The maximum Gasteiger partial charge on any atom is 0.326 e. The van der Waals surface area contributed by atoms with E-state index in [9.17, 15) is 29.4 Å². The molecule has 0 saturated carbocycles. The van der Waals surface area contributed by atoms with Crippen LogP contribution in [-0.2, 0) is 38.4 Å². The molecule has 3 rings (SSSR count). The van der Waals surface area contributed by atoms with Crippen molar-refractivity contribution in [2.24, 2.45) is 11.7 Å². The van der Waals surface area contributed by atoms with E-state index in [4.69, 9.17) is 5.73 Å². The van der Waals surface area contributed by atoms with Gasteiger partial charge in [-0.15, -0.1) is 0 Å². The predicted octanol–water partition coefficient (Wildman–Crippen LogP) is 0.666. The number of amides is 3. The average molecular weight is 565 g/mol. The van der Waals surface area contributed by atoms with Crippen molar-refractivity contribution in [1.29, 1.82) is 0 Å². The number of phenols is 1. The summed E-state index contributed by atoms with van der Waals surface area (Å²) in [5, 5.41) is 27.3. The second-order valence-corrected chi connectivity index (χ2v) is 10.1. The molecule has 4 unspecified atom stereocenters. The van der Waals surface area contributed by atoms with Crippen LogP contribution in [0.2, 0.25) is 0 Å². The summed E-state index contributed by atoms with van der Waals surface area (Å²) in [4.78, 5) is 58.6. The van der Waals surface area contributed by atoms with Gasteiger partial charge in [0.2, 0.25) is 17.7 Å². The van der Waals surface area contributed by atoms with E-state index in [0.717, 1.165) is 0 Å². The standard InChI is InChI=1S/C29H36N6O6/c1-17(2)25(30)28(39)34-22(12-19-8-10-21(36)11-9-19)26(37)33-23(14-20-15-31-16-32-20)27(38)35-24(29(40)41)13-18-6-4-3-5-7-18/h3-11,15-17,22-25,36H,12-14,30H2,1-2H3,(H,31,32)(H,33,37)(H,34,39)(H,35,38)(H,40,41). The fraction of sp³-hybridized carbons (Fsp3) is 0.345. The van der Waals surface area contributed by atoms with Crippen LogP contribution in [0.3, 0.4) is 0 Å². The van der Waals surface area contributed by atoms with E-state index in [-0.39, 0.29) is 30.9 Å². The topological polar surface area (TPSA) is 200 Å². The number of carboxylic acids is 1. The molecular formula is C29H36N6O6. The third-order valence-corrected chi connectivity index (χ3v) is 6.54. The van der Waals surface area contributed by atoms with Gasteiger partial charge in [0.05, 0.1) is 12.4 Å². The predicted molar refractivity (Wildman–Crippen MR) is 150 cm³/mol. The zero-order chi connectivity index (χ0) is 29.9. The van der Waals surface area contributed by atoms with Crippen LogP contribution in [0.25, 0.3) is 0 Å². The second kappa shape index (κ2) is 14.6. The van der Waals surface area contributed by atoms with E-state index in [1.165, 1.54) is 24.7 Å². The summed E-state index contributed by atoms with van der Waals surface area (Å²) >= 11 is 0. The summed E-state index contributed by atoms with van der Waals surface area (Å²) in [5.41, 5.74) is 7.89. The van der Waals surface area contributed by atoms with Crippen LogP contribution >= 0.6 is 0 Å². The molecule has 3 aromatic rings. The molecule has 4 atom stereocenters. The number of aromatic nitrogens is 2. The molecule has 0 aliphatic carbocycles. The SMILES string of the molecule is CC(C)C(N)C(=O)NC(Cc1ccc(O)cc1)C(=O)NC(Cc1cnc[nH]1)C(=O)NC(Cc1ccccc1)C(=O)O. The molecule has 1 aromatic heterocycles. The lowest BCUT2D eigenvalue weighted by molar-refractivity contribution is -0.142. The van der Waals surface area contributed by atoms with Crippen molar-refractivity contribution in [2.45, 2.75) is 57.3 Å². The monoisotopic (exact) mass is 564 g/mol. The van der Waals surface area contributed by atoms with Crippen LogP contribution < -0.4 is 21.7 Å². The molecular weight excluding hydrogens is 528 g/mol. The highest BCUT2D eigenvalue weighted by atomic mass is 16.4. The number of phenolic OH excluding ortho intramolecular Hbond substituents is 1. The Labute approximate surface area is 237 Å². The van der Waals surface area contributed by atoms with Gasteiger partial charge >= 0.3 is 5.97 Å². The van der Waals surface area contributed by atoms with E-state index in [0.29, 0.717) is 16.8 Å². The number of aromatic amines is 1. The van der Waals surface area contributed by atoms with Gasteiger partial charge in [0.25, 0.3) is 0 Å². The van der Waals surface area contributed by atoms with Crippen LogP contribution in [0.15, 0.2) is 67.1 Å². The van der Waals surface area contributed by atoms with Crippen molar-refractivity contribution >= 4 is 23.7 Å². The number of carboxylic acid groups (broad SMARTS) is 1. The van der Waals surface area contributed by atoms with Gasteiger partial charge in [-0.25, -0.2) is 9.78 Å². The number of aromatic hydroxyl groups is 1. The van der Waals surface area contributed by atoms with Gasteiger partial charge in [-0.05, 0) is 29.2 Å². The van der Waals surface area contributed by atoms with E-state index >= 15 is 0 Å². The molecule has 218 valence electrons. The molecule has 0 aliphatic heterocycles. The fourth-order valence-electron chi connectivity index (χ4n) is 4.07. The first-order valence-electron chi connectivity index (χ1n) is 13.2. The van der Waals surface area contributed by atoms with Crippen LogP contribution in [0.1, 0.15) is 30.7 Å². The Morgan fingerprint density at radius 3 is 1.90 bits per heavy atom. The number of H-pyrrole nitrogens is 1. The van der Waals surface area contributed by atoms with Crippen LogP contribution in [0, 0.1) is 5.92 Å². The average Bonchev–Trinajstić information content (AvgIpc) is 3.46. The third kappa shape index (κ3) is 9.46. The smallest absolute Gasteiger partial charge is 0.326 e. The Morgan fingerprint density at radius 2 is 1.34 bits per heavy atom. The molecule has 0 aliphatic rings. The van der Waals surface area contributed by atoms with Gasteiger partial charge in [-0.3, -0.25) is 14.4 Å². The number of nitrogens with one attached hydrogen (secondary N) is 4. The third-order valence-electron chi connectivity index (χ3n) is 6.54. The molecule has 12 heteroatoms. The number of nitrogens with zero attached hydrogens (tertiary/aromatic N) is 1. The summed E-state index contributed by atoms with van der Waals surface area (Å²) in [7, 11) is 0. The van der Waals surface area contributed by atoms with Gasteiger partial charge in [0, 0.05) is 31.2 Å². The number of imidazole rings is 1. The summed E-state index contributed by atoms with van der Waals surface area (Å²) in [6.07, 6.45) is 2.98. The van der Waals surface area contributed by atoms with Gasteiger partial charge < -0.3 is 36.9 Å². The first-order valence-corrected chi connectivity index (χ1v) is 13.2. The Balaban J connectivity index is 1.82. The number of carbonyl (C=O) groups excluding carboxylic acids is 3. The lowest BCUT2D eigenvalue weighted by Crippen LogP contribution is -2.58.